The summed E-state index contributed by atoms with van der Waals surface area (Å²) in [4.78, 5) is 13.4. The number of anilines is 1. The van der Waals surface area contributed by atoms with Crippen molar-refractivity contribution in [3.63, 3.8) is 0 Å². The molecule has 0 aliphatic heterocycles. The van der Waals surface area contributed by atoms with Crippen molar-refractivity contribution in [1.29, 1.82) is 0 Å². The predicted molar refractivity (Wildman–Crippen MR) is 118 cm³/mol. The SMILES string of the molecule is O=C(O)C(F)(F)F.[2H]C1=C([2H])C([2H])([2H])[C@@H](c2sc3c(NCc4ccco4)cc(Cl)nc3c2Cl)[C@H](N)C1([2H])[2H]. The number of aliphatic carboxylic acids is 1. The number of fused-ring (bicyclic) bond motifs is 1. The van der Waals surface area contributed by atoms with Crippen LogP contribution in [0.4, 0.5) is 18.9 Å². The molecule has 0 saturated carbocycles. The minimum Gasteiger partial charge on any atom is -0.475 e. The Morgan fingerprint density at radius 2 is 2.12 bits per heavy atom. The van der Waals surface area contributed by atoms with E-state index in [-0.39, 0.29) is 15.1 Å². The first-order valence-electron chi connectivity index (χ1n) is 11.7. The number of nitrogens with two attached hydrogens (primary N) is 1. The highest BCUT2D eigenvalue weighted by Crippen LogP contribution is 2.45. The summed E-state index contributed by atoms with van der Waals surface area (Å²) in [7, 11) is 0. The van der Waals surface area contributed by atoms with Crippen LogP contribution in [0.2, 0.25) is 10.2 Å². The van der Waals surface area contributed by atoms with Gasteiger partial charge < -0.3 is 20.6 Å². The molecule has 4 rings (SSSR count). The van der Waals surface area contributed by atoms with Crippen molar-refractivity contribution < 1.29 is 35.7 Å². The number of nitrogens with one attached hydrogen (secondary N) is 1. The lowest BCUT2D eigenvalue weighted by Gasteiger charge is -2.24. The number of pyridine rings is 1. The number of thiophene rings is 1. The molecule has 1 aliphatic carbocycles. The van der Waals surface area contributed by atoms with Crippen LogP contribution in [0.5, 0.6) is 0 Å². The molecule has 0 fully saturated rings. The fraction of sp³-hybridized carbons (Fsp3) is 0.300. The first-order chi connectivity index (χ1) is 17.4. The first kappa shape index (κ1) is 17.2. The molecule has 3 aromatic rings. The van der Waals surface area contributed by atoms with Gasteiger partial charge in [-0.3, -0.25) is 0 Å². The van der Waals surface area contributed by atoms with Gasteiger partial charge in [0, 0.05) is 28.4 Å². The minimum atomic E-state index is -5.08. The van der Waals surface area contributed by atoms with Crippen LogP contribution in [0.15, 0.2) is 41.0 Å². The zero-order valence-corrected chi connectivity index (χ0v) is 18.1. The quantitative estimate of drug-likeness (QED) is 0.283. The molecule has 1 aliphatic rings. The number of alkyl halides is 3. The number of hydrogen-bond acceptors (Lipinski definition) is 6. The Kier molecular flexibility index (Phi) is 5.45. The second-order valence-corrected chi connectivity index (χ2v) is 8.05. The molecular formula is C20H18Cl2F3N3O3S. The number of halogens is 5. The number of allylic oxidation sites excluding steroid dienone is 1. The van der Waals surface area contributed by atoms with E-state index in [0.717, 1.165) is 11.3 Å². The van der Waals surface area contributed by atoms with E-state index in [1.807, 2.05) is 0 Å². The monoisotopic (exact) mass is 513 g/mol. The Balaban J connectivity index is 0.000000505. The molecule has 0 unspecified atom stereocenters. The van der Waals surface area contributed by atoms with Crippen LogP contribution in [0.25, 0.3) is 10.2 Å². The Labute approximate surface area is 203 Å². The van der Waals surface area contributed by atoms with E-state index in [1.165, 1.54) is 0 Å². The van der Waals surface area contributed by atoms with Crippen LogP contribution in [0, 0.1) is 0 Å². The van der Waals surface area contributed by atoms with Gasteiger partial charge in [0.15, 0.2) is 0 Å². The van der Waals surface area contributed by atoms with Crippen molar-refractivity contribution in [3.8, 4) is 0 Å². The lowest BCUT2D eigenvalue weighted by atomic mass is 9.88. The van der Waals surface area contributed by atoms with E-state index in [9.17, 15) is 13.2 Å². The average Bonchev–Trinajstić information content (AvgIpc) is 3.44. The maximum Gasteiger partial charge on any atom is 0.490 e. The van der Waals surface area contributed by atoms with E-state index in [2.05, 4.69) is 10.3 Å². The van der Waals surface area contributed by atoms with E-state index in [4.69, 9.17) is 51.5 Å². The number of furan rings is 1. The van der Waals surface area contributed by atoms with E-state index < -0.39 is 49.0 Å². The van der Waals surface area contributed by atoms with Gasteiger partial charge in [-0.15, -0.1) is 11.3 Å². The molecule has 0 saturated heterocycles. The summed E-state index contributed by atoms with van der Waals surface area (Å²) in [5.41, 5.74) is 7.04. The maximum atomic E-state index is 10.6. The normalized spacial score (nSPS) is 24.8. The second kappa shape index (κ2) is 10.1. The van der Waals surface area contributed by atoms with Crippen molar-refractivity contribution >= 4 is 56.4 Å². The van der Waals surface area contributed by atoms with E-state index >= 15 is 0 Å². The number of carbonyl (C=O) groups is 1. The number of carboxylic acids is 1. The van der Waals surface area contributed by atoms with Crippen molar-refractivity contribution in [2.45, 2.75) is 37.4 Å². The lowest BCUT2D eigenvalue weighted by Crippen LogP contribution is -2.29. The number of carboxylic acid groups (broad SMARTS) is 1. The van der Waals surface area contributed by atoms with Gasteiger partial charge in [0.05, 0.1) is 31.0 Å². The number of rotatable bonds is 4. The second-order valence-electron chi connectivity index (χ2n) is 6.23. The van der Waals surface area contributed by atoms with Crippen LogP contribution in [-0.2, 0) is 11.3 Å². The van der Waals surface area contributed by atoms with Crippen LogP contribution < -0.4 is 11.1 Å². The summed E-state index contributed by atoms with van der Waals surface area (Å²) >= 11 is 13.9. The van der Waals surface area contributed by atoms with Crippen molar-refractivity contribution in [2.75, 3.05) is 5.32 Å². The fourth-order valence-corrected chi connectivity index (χ4v) is 4.43. The standard InChI is InChI=1S/C18H17Cl2N3OS.C2HF3O2/c19-14-8-13(22-9-10-4-3-7-24-10)18-16(23-14)15(20)17(25-18)11-5-1-2-6-12(11)21;3-2(4,5)1(6)7/h1-4,7-8,11-12H,5-6,9,21H2,(H,22,23);(H,6,7)/t11-,12-;/m1./s1/i1D,2D,5D2,6D2;. The highest BCUT2D eigenvalue weighted by molar-refractivity contribution is 7.20. The molecule has 6 nitrogen and oxygen atoms in total. The molecule has 0 spiro atoms. The zero-order valence-electron chi connectivity index (χ0n) is 21.8. The molecule has 3 aromatic heterocycles. The molecule has 32 heavy (non-hydrogen) atoms. The van der Waals surface area contributed by atoms with Crippen molar-refractivity contribution in [1.82, 2.24) is 4.98 Å². The summed E-state index contributed by atoms with van der Waals surface area (Å²) in [6.07, 6.45) is -8.31. The number of aromatic nitrogens is 1. The topological polar surface area (TPSA) is 101 Å². The van der Waals surface area contributed by atoms with E-state index in [0.29, 0.717) is 28.2 Å². The predicted octanol–water partition coefficient (Wildman–Crippen LogP) is 6.20. The maximum absolute atomic E-state index is 10.6. The van der Waals surface area contributed by atoms with Crippen molar-refractivity contribution in [2.24, 2.45) is 5.73 Å². The van der Waals surface area contributed by atoms with Gasteiger partial charge in [-0.25, -0.2) is 9.78 Å². The number of hydrogen-bond donors (Lipinski definition) is 3. The molecule has 4 N–H and O–H groups in total. The molecule has 172 valence electrons. The molecule has 2 atom stereocenters. The smallest absolute Gasteiger partial charge is 0.475 e. The van der Waals surface area contributed by atoms with Crippen LogP contribution in [-0.4, -0.2) is 28.3 Å². The third kappa shape index (κ3) is 5.74. The van der Waals surface area contributed by atoms with Gasteiger partial charge in [-0.05, 0) is 24.9 Å². The molecule has 0 bridgehead atoms. The summed E-state index contributed by atoms with van der Waals surface area (Å²) in [5.74, 6) is -3.35. The largest absolute Gasteiger partial charge is 0.490 e. The van der Waals surface area contributed by atoms with Crippen LogP contribution in [0.3, 0.4) is 0 Å². The van der Waals surface area contributed by atoms with Gasteiger partial charge >= 0.3 is 12.1 Å². The summed E-state index contributed by atoms with van der Waals surface area (Å²) < 4.78 is 86.8. The molecule has 12 heteroatoms. The molecule has 0 radical (unpaired) electrons. The van der Waals surface area contributed by atoms with Crippen molar-refractivity contribution in [3.05, 3.63) is 57.4 Å². The molecule has 0 amide bonds. The first-order valence-corrected chi connectivity index (χ1v) is 10.3. The van der Waals surface area contributed by atoms with Crippen LogP contribution >= 0.6 is 34.5 Å². The van der Waals surface area contributed by atoms with Crippen LogP contribution in [0.1, 0.15) is 37.5 Å². The minimum absolute atomic E-state index is 0.102. The highest BCUT2D eigenvalue weighted by atomic mass is 35.5. The van der Waals surface area contributed by atoms with E-state index in [1.54, 1.807) is 24.5 Å². The summed E-state index contributed by atoms with van der Waals surface area (Å²) in [5, 5.41) is 10.6. The lowest BCUT2D eigenvalue weighted by molar-refractivity contribution is -0.192. The summed E-state index contributed by atoms with van der Waals surface area (Å²) in [6, 6.07) is 2.23. The average molecular weight is 514 g/mol. The van der Waals surface area contributed by atoms with Gasteiger partial charge in [0.1, 0.15) is 16.4 Å². The van der Waals surface area contributed by atoms with Gasteiger partial charge in [-0.1, -0.05) is 35.3 Å². The Hall–Kier alpha value is -2.27. The van der Waals surface area contributed by atoms with Gasteiger partial charge in [-0.2, -0.15) is 13.2 Å². The Morgan fingerprint density at radius 3 is 2.75 bits per heavy atom. The Morgan fingerprint density at radius 1 is 1.44 bits per heavy atom. The fourth-order valence-electron chi connectivity index (χ4n) is 2.59. The number of nitrogens with zero attached hydrogens (tertiary/aromatic N) is 1. The summed E-state index contributed by atoms with van der Waals surface area (Å²) in [6.45, 7) is 0.363. The van der Waals surface area contributed by atoms with Gasteiger partial charge in [0.25, 0.3) is 0 Å². The Bertz CT molecular complexity index is 1390. The highest BCUT2D eigenvalue weighted by Gasteiger charge is 2.38. The molecule has 3 heterocycles. The van der Waals surface area contributed by atoms with Gasteiger partial charge in [0.2, 0.25) is 0 Å². The third-order valence-electron chi connectivity index (χ3n) is 4.02. The molecular weight excluding hydrogens is 490 g/mol. The third-order valence-corrected chi connectivity index (χ3v) is 6.01. The molecule has 0 aromatic carbocycles. The zero-order chi connectivity index (χ0) is 28.8.